The van der Waals surface area contributed by atoms with Crippen molar-refractivity contribution in [2.75, 3.05) is 13.7 Å². The van der Waals surface area contributed by atoms with Crippen molar-refractivity contribution in [1.82, 2.24) is 14.9 Å². The van der Waals surface area contributed by atoms with Crippen molar-refractivity contribution in [3.8, 4) is 11.5 Å². The van der Waals surface area contributed by atoms with Crippen LogP contribution in [0.4, 0.5) is 0 Å². The number of carbonyl (C=O) groups is 1. The molecule has 0 aliphatic carbocycles. The summed E-state index contributed by atoms with van der Waals surface area (Å²) in [6.07, 6.45) is 4.68. The molecule has 0 spiro atoms. The molecule has 0 aliphatic heterocycles. The van der Waals surface area contributed by atoms with E-state index in [1.54, 1.807) is 7.11 Å². The van der Waals surface area contributed by atoms with Gasteiger partial charge in [-0.3, -0.25) is 4.79 Å². The van der Waals surface area contributed by atoms with Gasteiger partial charge in [0.15, 0.2) is 11.5 Å². The Hall–Kier alpha value is -3.54. The van der Waals surface area contributed by atoms with E-state index in [1.807, 2.05) is 48.5 Å². The molecule has 0 aliphatic rings. The first-order valence-corrected chi connectivity index (χ1v) is 9.91. The van der Waals surface area contributed by atoms with Gasteiger partial charge in [-0.25, -0.2) is 4.98 Å². The lowest BCUT2D eigenvalue weighted by Gasteiger charge is -2.13. The minimum absolute atomic E-state index is 0.219. The van der Waals surface area contributed by atoms with Crippen molar-refractivity contribution in [2.24, 2.45) is 0 Å². The zero-order chi connectivity index (χ0) is 21.3. The highest BCUT2D eigenvalue weighted by atomic mass is 16.5. The molecule has 0 atom stereocenters. The van der Waals surface area contributed by atoms with Crippen LogP contribution in [0.15, 0.2) is 67.8 Å². The summed E-state index contributed by atoms with van der Waals surface area (Å²) < 4.78 is 13.5. The second-order valence-corrected chi connectivity index (χ2v) is 6.77. The summed E-state index contributed by atoms with van der Waals surface area (Å²) in [6.45, 7) is 8.85. The lowest BCUT2D eigenvalue weighted by Crippen LogP contribution is -2.22. The van der Waals surface area contributed by atoms with Gasteiger partial charge in [0, 0.05) is 6.54 Å². The molecular formula is C24H27N3O3. The van der Waals surface area contributed by atoms with Gasteiger partial charge >= 0.3 is 0 Å². The van der Waals surface area contributed by atoms with E-state index in [0.29, 0.717) is 13.2 Å². The third-order valence-corrected chi connectivity index (χ3v) is 4.73. The molecule has 6 heteroatoms. The summed E-state index contributed by atoms with van der Waals surface area (Å²) in [5.41, 5.74) is 3.07. The summed E-state index contributed by atoms with van der Waals surface area (Å²) in [5.74, 6) is 2.02. The number of nitrogens with zero attached hydrogens (tertiary/aromatic N) is 2. The molecule has 1 heterocycles. The highest BCUT2D eigenvalue weighted by Crippen LogP contribution is 2.28. The number of aromatic nitrogens is 2. The molecule has 30 heavy (non-hydrogen) atoms. The molecule has 3 aromatic rings. The van der Waals surface area contributed by atoms with E-state index in [1.165, 1.54) is 6.08 Å². The number of imidazole rings is 1. The average Bonchev–Trinajstić information content (AvgIpc) is 3.13. The zero-order valence-electron chi connectivity index (χ0n) is 17.3. The van der Waals surface area contributed by atoms with Crippen LogP contribution in [0.5, 0.6) is 11.5 Å². The number of amides is 1. The van der Waals surface area contributed by atoms with Gasteiger partial charge in [-0.2, -0.15) is 0 Å². The Kier molecular flexibility index (Phi) is 7.27. The van der Waals surface area contributed by atoms with Crippen molar-refractivity contribution < 1.29 is 14.3 Å². The number of rotatable bonds is 11. The van der Waals surface area contributed by atoms with E-state index >= 15 is 0 Å². The number of methoxy groups -OCH3 is 1. The van der Waals surface area contributed by atoms with E-state index in [2.05, 4.69) is 28.0 Å². The zero-order valence-corrected chi connectivity index (χ0v) is 17.3. The maximum Gasteiger partial charge on any atom is 0.243 e. The standard InChI is InChI=1S/C24H27N3O3/c1-4-9-18-12-13-21(22(16-18)29-3)30-15-8-14-27-20-11-7-6-10-19(20)26-23(27)17-25-24(28)5-2/h4-7,10-13,16H,1-2,8-9,14-15,17H2,3H3,(H,25,28). The molecule has 1 amide bonds. The Balaban J connectivity index is 1.66. The fourth-order valence-corrected chi connectivity index (χ4v) is 3.28. The van der Waals surface area contributed by atoms with Crippen LogP contribution in [-0.2, 0) is 24.3 Å². The third-order valence-electron chi connectivity index (χ3n) is 4.73. The number of carbonyl (C=O) groups excluding carboxylic acids is 1. The number of para-hydroxylation sites is 2. The normalized spacial score (nSPS) is 10.6. The van der Waals surface area contributed by atoms with Crippen molar-refractivity contribution >= 4 is 16.9 Å². The first kappa shape index (κ1) is 21.2. The Labute approximate surface area is 176 Å². The largest absolute Gasteiger partial charge is 0.493 e. The molecule has 2 aromatic carbocycles. The van der Waals surface area contributed by atoms with E-state index in [9.17, 15) is 4.79 Å². The number of allylic oxidation sites excluding steroid dienone is 1. The summed E-state index contributed by atoms with van der Waals surface area (Å²) >= 11 is 0. The van der Waals surface area contributed by atoms with Crippen LogP contribution >= 0.6 is 0 Å². The van der Waals surface area contributed by atoms with Gasteiger partial charge in [-0.05, 0) is 48.7 Å². The first-order chi connectivity index (χ1) is 14.7. The predicted octanol–water partition coefficient (Wildman–Crippen LogP) is 4.04. The fraction of sp³-hybridized carbons (Fsp3) is 0.250. The minimum atomic E-state index is -0.219. The lowest BCUT2D eigenvalue weighted by atomic mass is 10.1. The monoisotopic (exact) mass is 405 g/mol. The van der Waals surface area contributed by atoms with Gasteiger partial charge in [0.05, 0.1) is 31.3 Å². The molecule has 0 bridgehead atoms. The van der Waals surface area contributed by atoms with Gasteiger partial charge in [0.25, 0.3) is 0 Å². The van der Waals surface area contributed by atoms with Crippen LogP contribution in [-0.4, -0.2) is 29.2 Å². The maximum atomic E-state index is 11.6. The van der Waals surface area contributed by atoms with Crippen LogP contribution < -0.4 is 14.8 Å². The molecule has 0 fully saturated rings. The number of nitrogens with one attached hydrogen (secondary N) is 1. The van der Waals surface area contributed by atoms with Crippen molar-refractivity contribution in [3.05, 3.63) is 79.2 Å². The van der Waals surface area contributed by atoms with Crippen LogP contribution in [0, 0.1) is 0 Å². The minimum Gasteiger partial charge on any atom is -0.493 e. The predicted molar refractivity (Wildman–Crippen MR) is 119 cm³/mol. The molecule has 0 saturated carbocycles. The Bertz CT molecular complexity index is 1040. The molecule has 0 unspecified atom stereocenters. The van der Waals surface area contributed by atoms with E-state index in [4.69, 9.17) is 9.47 Å². The molecule has 6 nitrogen and oxygen atoms in total. The van der Waals surface area contributed by atoms with Crippen molar-refractivity contribution in [1.29, 1.82) is 0 Å². The average molecular weight is 405 g/mol. The highest BCUT2D eigenvalue weighted by molar-refractivity contribution is 5.86. The fourth-order valence-electron chi connectivity index (χ4n) is 3.28. The quantitative estimate of drug-likeness (QED) is 0.297. The van der Waals surface area contributed by atoms with E-state index in [0.717, 1.165) is 53.3 Å². The van der Waals surface area contributed by atoms with Crippen molar-refractivity contribution in [2.45, 2.75) is 25.9 Å². The number of hydrogen-bond donors (Lipinski definition) is 1. The molecule has 156 valence electrons. The second kappa shape index (κ2) is 10.3. The number of ether oxygens (including phenoxy) is 2. The Morgan fingerprint density at radius 3 is 2.80 bits per heavy atom. The van der Waals surface area contributed by atoms with Gasteiger partial charge in [-0.15, -0.1) is 6.58 Å². The van der Waals surface area contributed by atoms with Gasteiger partial charge < -0.3 is 19.4 Å². The van der Waals surface area contributed by atoms with E-state index in [-0.39, 0.29) is 5.91 Å². The number of aryl methyl sites for hydroxylation is 1. The molecule has 0 saturated heterocycles. The molecule has 1 N–H and O–H groups in total. The summed E-state index contributed by atoms with van der Waals surface area (Å²) in [5, 5.41) is 2.80. The summed E-state index contributed by atoms with van der Waals surface area (Å²) in [6, 6.07) is 13.9. The number of hydrogen-bond acceptors (Lipinski definition) is 4. The second-order valence-electron chi connectivity index (χ2n) is 6.77. The molecule has 0 radical (unpaired) electrons. The van der Waals surface area contributed by atoms with Gasteiger partial charge in [-0.1, -0.05) is 30.9 Å². The van der Waals surface area contributed by atoms with Gasteiger partial charge in [0.1, 0.15) is 5.82 Å². The molecule has 1 aromatic heterocycles. The lowest BCUT2D eigenvalue weighted by molar-refractivity contribution is -0.116. The smallest absolute Gasteiger partial charge is 0.243 e. The summed E-state index contributed by atoms with van der Waals surface area (Å²) in [4.78, 5) is 16.2. The topological polar surface area (TPSA) is 65.4 Å². The Morgan fingerprint density at radius 1 is 1.20 bits per heavy atom. The van der Waals surface area contributed by atoms with Gasteiger partial charge in [0.2, 0.25) is 5.91 Å². The molecule has 3 rings (SSSR count). The summed E-state index contributed by atoms with van der Waals surface area (Å²) in [7, 11) is 1.64. The van der Waals surface area contributed by atoms with Crippen molar-refractivity contribution in [3.63, 3.8) is 0 Å². The Morgan fingerprint density at radius 2 is 2.03 bits per heavy atom. The SMILES string of the molecule is C=CCc1ccc(OCCCn2c(CNC(=O)C=C)nc3ccccc32)c(OC)c1. The van der Waals surface area contributed by atoms with Crippen LogP contribution in [0.2, 0.25) is 0 Å². The van der Waals surface area contributed by atoms with Crippen LogP contribution in [0.3, 0.4) is 0 Å². The van der Waals surface area contributed by atoms with E-state index < -0.39 is 0 Å². The molecular weight excluding hydrogens is 378 g/mol. The third kappa shape index (κ3) is 5.08. The van der Waals surface area contributed by atoms with Crippen LogP contribution in [0.25, 0.3) is 11.0 Å². The number of benzene rings is 2. The first-order valence-electron chi connectivity index (χ1n) is 9.91. The van der Waals surface area contributed by atoms with Crippen LogP contribution in [0.1, 0.15) is 17.8 Å². The highest BCUT2D eigenvalue weighted by Gasteiger charge is 2.11. The maximum absolute atomic E-state index is 11.6. The number of fused-ring (bicyclic) bond motifs is 1.